The molecule has 2 heterocycles. The number of hydrogen-bond donors (Lipinski definition) is 0. The van der Waals surface area contributed by atoms with Crippen LogP contribution >= 0.6 is 11.8 Å². The van der Waals surface area contributed by atoms with Crippen LogP contribution in [-0.2, 0) is 5.75 Å². The van der Waals surface area contributed by atoms with Crippen LogP contribution in [0.1, 0.15) is 11.7 Å². The van der Waals surface area contributed by atoms with Gasteiger partial charge >= 0.3 is 0 Å². The molecule has 0 bridgehead atoms. The zero-order valence-electron chi connectivity index (χ0n) is 15.0. The monoisotopic (exact) mass is 378 g/mol. The van der Waals surface area contributed by atoms with Gasteiger partial charge in [-0.05, 0) is 12.1 Å². The van der Waals surface area contributed by atoms with E-state index in [-0.39, 0.29) is 0 Å². The van der Waals surface area contributed by atoms with Crippen molar-refractivity contribution in [3.05, 3.63) is 72.5 Å². The lowest BCUT2D eigenvalue weighted by atomic mass is 10.1. The third-order valence-corrected chi connectivity index (χ3v) is 4.97. The fourth-order valence-corrected chi connectivity index (χ4v) is 3.65. The quantitative estimate of drug-likeness (QED) is 0.459. The Morgan fingerprint density at radius 2 is 1.85 bits per heavy atom. The zero-order chi connectivity index (χ0) is 18.6. The molecule has 0 unspecified atom stereocenters. The predicted molar refractivity (Wildman–Crippen MR) is 104 cm³/mol. The van der Waals surface area contributed by atoms with Gasteiger partial charge in [-0.2, -0.15) is 4.98 Å². The summed E-state index contributed by atoms with van der Waals surface area (Å²) in [6, 6.07) is 18.1. The maximum absolute atomic E-state index is 5.58. The van der Waals surface area contributed by atoms with Gasteiger partial charge in [0.1, 0.15) is 5.75 Å². The lowest BCUT2D eigenvalue weighted by molar-refractivity contribution is 0.389. The topological polar surface area (TPSA) is 66.0 Å². The summed E-state index contributed by atoms with van der Waals surface area (Å²) in [7, 11) is 1.67. The number of benzene rings is 2. The molecule has 0 fully saturated rings. The summed E-state index contributed by atoms with van der Waals surface area (Å²) in [6.45, 7) is 1.78. The summed E-state index contributed by atoms with van der Waals surface area (Å²) in [4.78, 5) is 8.92. The van der Waals surface area contributed by atoms with Crippen molar-refractivity contribution in [1.82, 2.24) is 19.7 Å². The highest BCUT2D eigenvalue weighted by atomic mass is 32.2. The average Bonchev–Trinajstić information content (AvgIpc) is 3.33. The molecule has 27 heavy (non-hydrogen) atoms. The van der Waals surface area contributed by atoms with E-state index < -0.39 is 0 Å². The van der Waals surface area contributed by atoms with Crippen LogP contribution < -0.4 is 4.74 Å². The van der Waals surface area contributed by atoms with Gasteiger partial charge in [0.05, 0.1) is 30.4 Å². The number of imidazole rings is 1. The van der Waals surface area contributed by atoms with Crippen molar-refractivity contribution in [3.8, 4) is 22.7 Å². The molecule has 0 saturated carbocycles. The molecule has 0 atom stereocenters. The van der Waals surface area contributed by atoms with Gasteiger partial charge in [0, 0.05) is 12.5 Å². The summed E-state index contributed by atoms with van der Waals surface area (Å²) in [5.74, 6) is 2.56. The Labute approximate surface area is 161 Å². The van der Waals surface area contributed by atoms with Crippen molar-refractivity contribution in [2.45, 2.75) is 17.8 Å². The van der Waals surface area contributed by atoms with Gasteiger partial charge in [0.25, 0.3) is 0 Å². The Kier molecular flexibility index (Phi) is 4.93. The molecule has 2 aromatic heterocycles. The number of aryl methyl sites for hydroxylation is 1. The largest absolute Gasteiger partial charge is 0.495 e. The second-order valence-corrected chi connectivity index (χ2v) is 6.76. The molecule has 0 N–H and O–H groups in total. The molecule has 0 amide bonds. The van der Waals surface area contributed by atoms with Gasteiger partial charge in [-0.1, -0.05) is 59.4 Å². The number of hydrogen-bond acceptors (Lipinski definition) is 6. The van der Waals surface area contributed by atoms with E-state index in [0.29, 0.717) is 17.5 Å². The van der Waals surface area contributed by atoms with E-state index in [1.807, 2.05) is 48.7 Å². The first kappa shape index (κ1) is 17.4. The smallest absolute Gasteiger partial charge is 0.223 e. The molecule has 0 radical (unpaired) electrons. The highest BCUT2D eigenvalue weighted by molar-refractivity contribution is 7.98. The third kappa shape index (κ3) is 3.59. The van der Waals surface area contributed by atoms with Crippen LogP contribution in [0.4, 0.5) is 0 Å². The molecular formula is C20H18N4O2S. The minimum absolute atomic E-state index is 0.559. The summed E-state index contributed by atoms with van der Waals surface area (Å²) in [5, 5.41) is 4.80. The minimum atomic E-state index is 0.559. The highest BCUT2D eigenvalue weighted by Crippen LogP contribution is 2.34. The molecule has 0 aliphatic carbocycles. The van der Waals surface area contributed by atoms with Crippen molar-refractivity contribution in [3.63, 3.8) is 0 Å². The Balaban J connectivity index is 1.78. The average molecular weight is 378 g/mol. The molecule has 2 aromatic carbocycles. The molecule has 6 nitrogen and oxygen atoms in total. The number of aromatic nitrogens is 4. The molecule has 4 rings (SSSR count). The normalized spacial score (nSPS) is 10.9. The number of thioether (sulfide) groups is 1. The van der Waals surface area contributed by atoms with E-state index in [1.54, 1.807) is 25.8 Å². The number of para-hydroxylation sites is 2. The predicted octanol–water partition coefficient (Wildman–Crippen LogP) is 4.53. The van der Waals surface area contributed by atoms with E-state index in [2.05, 4.69) is 31.8 Å². The maximum Gasteiger partial charge on any atom is 0.223 e. The molecule has 0 aliphatic heterocycles. The van der Waals surface area contributed by atoms with E-state index in [4.69, 9.17) is 9.26 Å². The summed E-state index contributed by atoms with van der Waals surface area (Å²) < 4.78 is 12.7. The molecule has 136 valence electrons. The number of ether oxygens (including phenoxy) is 1. The van der Waals surface area contributed by atoms with Crippen LogP contribution in [0.15, 0.2) is 70.5 Å². The second-order valence-electron chi connectivity index (χ2n) is 5.82. The van der Waals surface area contributed by atoms with E-state index >= 15 is 0 Å². The van der Waals surface area contributed by atoms with Crippen LogP contribution in [0, 0.1) is 6.92 Å². The van der Waals surface area contributed by atoms with Crippen molar-refractivity contribution in [1.29, 1.82) is 0 Å². The van der Waals surface area contributed by atoms with Crippen LogP contribution in [0.25, 0.3) is 16.9 Å². The van der Waals surface area contributed by atoms with Crippen molar-refractivity contribution >= 4 is 11.8 Å². The van der Waals surface area contributed by atoms with Gasteiger partial charge in [0.2, 0.25) is 5.89 Å². The molecule has 7 heteroatoms. The number of rotatable bonds is 6. The standard InChI is InChI=1S/C20H18N4O2S/c1-14-22-19(23-26-14)13-27-20-21-12-17(15-8-4-3-5-9-15)24(20)16-10-6-7-11-18(16)25-2/h3-12H,13H2,1-2H3. The summed E-state index contributed by atoms with van der Waals surface area (Å²) >= 11 is 1.55. The van der Waals surface area contributed by atoms with E-state index in [0.717, 1.165) is 27.9 Å². The molecular weight excluding hydrogens is 360 g/mol. The molecule has 0 spiro atoms. The lowest BCUT2D eigenvalue weighted by Gasteiger charge is -2.15. The summed E-state index contributed by atoms with van der Waals surface area (Å²) in [6.07, 6.45) is 1.88. The van der Waals surface area contributed by atoms with Gasteiger partial charge in [-0.3, -0.25) is 4.57 Å². The van der Waals surface area contributed by atoms with Crippen LogP contribution in [0.5, 0.6) is 5.75 Å². The van der Waals surface area contributed by atoms with Crippen LogP contribution in [-0.4, -0.2) is 26.8 Å². The Morgan fingerprint density at radius 3 is 2.59 bits per heavy atom. The Bertz CT molecular complexity index is 1040. The fraction of sp³-hybridized carbons (Fsp3) is 0.150. The first-order chi connectivity index (χ1) is 13.3. The van der Waals surface area contributed by atoms with E-state index in [9.17, 15) is 0 Å². The Hall–Kier alpha value is -3.06. The van der Waals surface area contributed by atoms with Crippen LogP contribution in [0.3, 0.4) is 0 Å². The van der Waals surface area contributed by atoms with Gasteiger partial charge in [-0.15, -0.1) is 0 Å². The fourth-order valence-electron chi connectivity index (χ4n) is 2.83. The highest BCUT2D eigenvalue weighted by Gasteiger charge is 2.17. The summed E-state index contributed by atoms with van der Waals surface area (Å²) in [5.41, 5.74) is 3.01. The number of nitrogens with zero attached hydrogens (tertiary/aromatic N) is 4. The molecule has 4 aromatic rings. The van der Waals surface area contributed by atoms with E-state index in [1.165, 1.54) is 0 Å². The first-order valence-corrected chi connectivity index (χ1v) is 9.43. The SMILES string of the molecule is COc1ccccc1-n1c(-c2ccccc2)cnc1SCc1noc(C)n1. The van der Waals surface area contributed by atoms with Gasteiger partial charge in [-0.25, -0.2) is 4.98 Å². The van der Waals surface area contributed by atoms with Crippen molar-refractivity contribution < 1.29 is 9.26 Å². The third-order valence-electron chi connectivity index (χ3n) is 4.03. The molecule has 0 saturated heterocycles. The second kappa shape index (κ2) is 7.67. The first-order valence-electron chi connectivity index (χ1n) is 8.45. The Morgan fingerprint density at radius 1 is 1.07 bits per heavy atom. The van der Waals surface area contributed by atoms with Crippen LogP contribution in [0.2, 0.25) is 0 Å². The zero-order valence-corrected chi connectivity index (χ0v) is 15.8. The number of methoxy groups -OCH3 is 1. The van der Waals surface area contributed by atoms with Gasteiger partial charge < -0.3 is 9.26 Å². The van der Waals surface area contributed by atoms with Crippen molar-refractivity contribution in [2.75, 3.05) is 7.11 Å². The lowest BCUT2D eigenvalue weighted by Crippen LogP contribution is -2.02. The van der Waals surface area contributed by atoms with Crippen molar-refractivity contribution in [2.24, 2.45) is 0 Å². The minimum Gasteiger partial charge on any atom is -0.495 e. The van der Waals surface area contributed by atoms with Gasteiger partial charge in [0.15, 0.2) is 11.0 Å². The molecule has 0 aliphatic rings. The maximum atomic E-state index is 5.58.